The summed E-state index contributed by atoms with van der Waals surface area (Å²) < 4.78 is 13.3. The van der Waals surface area contributed by atoms with E-state index in [4.69, 9.17) is 11.6 Å². The highest BCUT2D eigenvalue weighted by Gasteiger charge is 2.26. The lowest BCUT2D eigenvalue weighted by atomic mass is 10.1. The predicted octanol–water partition coefficient (Wildman–Crippen LogP) is 3.62. The Balaban J connectivity index is 1.46. The largest absolute Gasteiger partial charge is 0.325 e. The van der Waals surface area contributed by atoms with Crippen LogP contribution in [0.2, 0.25) is 5.02 Å². The van der Waals surface area contributed by atoms with Gasteiger partial charge in [-0.1, -0.05) is 36.7 Å². The van der Waals surface area contributed by atoms with Gasteiger partial charge in [0.25, 0.3) is 0 Å². The Hall–Kier alpha value is -2.48. The van der Waals surface area contributed by atoms with Crippen molar-refractivity contribution in [2.45, 2.75) is 26.3 Å². The highest BCUT2D eigenvalue weighted by Crippen LogP contribution is 2.20. The molecule has 0 saturated carbocycles. The third-order valence-electron chi connectivity index (χ3n) is 5.56. The normalized spacial score (nSPS) is 16.0. The van der Waals surface area contributed by atoms with Gasteiger partial charge in [-0.2, -0.15) is 0 Å². The van der Waals surface area contributed by atoms with Gasteiger partial charge in [-0.25, -0.2) is 4.39 Å². The SMILES string of the molecule is CCc1ccccc1NC(=O)CN1CCN(C(C)C(=O)Nc2ccc(F)c(Cl)c2)CC1. The number of aryl methyl sites for hydroxylation is 1. The second kappa shape index (κ2) is 10.7. The van der Waals surface area contributed by atoms with Gasteiger partial charge < -0.3 is 10.6 Å². The van der Waals surface area contributed by atoms with Crippen LogP contribution in [0.1, 0.15) is 19.4 Å². The van der Waals surface area contributed by atoms with Crippen LogP contribution in [0.25, 0.3) is 0 Å². The molecule has 2 amide bonds. The molecule has 166 valence electrons. The summed E-state index contributed by atoms with van der Waals surface area (Å²) in [7, 11) is 0. The standard InChI is InChI=1S/C23H28ClFN4O2/c1-3-17-6-4-5-7-21(17)27-22(30)15-28-10-12-29(13-11-28)16(2)23(31)26-18-8-9-20(25)19(24)14-18/h4-9,14,16H,3,10-13,15H2,1-2H3,(H,26,31)(H,27,30). The molecule has 2 aromatic carbocycles. The summed E-state index contributed by atoms with van der Waals surface area (Å²) in [5, 5.41) is 5.75. The summed E-state index contributed by atoms with van der Waals surface area (Å²) in [6.45, 7) is 6.97. The van der Waals surface area contributed by atoms with Gasteiger partial charge in [0.05, 0.1) is 17.6 Å². The average Bonchev–Trinajstić information content (AvgIpc) is 2.76. The summed E-state index contributed by atoms with van der Waals surface area (Å²) in [5.74, 6) is -0.732. The van der Waals surface area contributed by atoms with Crippen molar-refractivity contribution in [2.24, 2.45) is 0 Å². The van der Waals surface area contributed by atoms with Crippen LogP contribution in [-0.2, 0) is 16.0 Å². The van der Waals surface area contributed by atoms with E-state index in [1.165, 1.54) is 18.2 Å². The number of nitrogens with zero attached hydrogens (tertiary/aromatic N) is 2. The molecule has 1 heterocycles. The van der Waals surface area contributed by atoms with Crippen molar-refractivity contribution in [3.63, 3.8) is 0 Å². The maximum Gasteiger partial charge on any atom is 0.241 e. The molecular weight excluding hydrogens is 419 g/mol. The zero-order chi connectivity index (χ0) is 22.4. The highest BCUT2D eigenvalue weighted by molar-refractivity contribution is 6.31. The Kier molecular flexibility index (Phi) is 8.01. The smallest absolute Gasteiger partial charge is 0.241 e. The lowest BCUT2D eigenvalue weighted by molar-refractivity contribution is -0.122. The van der Waals surface area contributed by atoms with Gasteiger partial charge in [-0.05, 0) is 43.2 Å². The number of hydrogen-bond acceptors (Lipinski definition) is 4. The number of benzene rings is 2. The number of carbonyl (C=O) groups is 2. The molecule has 0 aliphatic carbocycles. The lowest BCUT2D eigenvalue weighted by Gasteiger charge is -2.37. The fourth-order valence-electron chi connectivity index (χ4n) is 3.64. The highest BCUT2D eigenvalue weighted by atomic mass is 35.5. The quantitative estimate of drug-likeness (QED) is 0.681. The number of nitrogens with one attached hydrogen (secondary N) is 2. The second-order valence-corrected chi connectivity index (χ2v) is 8.07. The number of hydrogen-bond donors (Lipinski definition) is 2. The maximum absolute atomic E-state index is 13.3. The number of piperazine rings is 1. The summed E-state index contributed by atoms with van der Waals surface area (Å²) in [4.78, 5) is 29.2. The van der Waals surface area contributed by atoms with Crippen LogP contribution in [0, 0.1) is 5.82 Å². The minimum Gasteiger partial charge on any atom is -0.325 e. The molecule has 8 heteroatoms. The molecule has 0 aromatic heterocycles. The zero-order valence-electron chi connectivity index (χ0n) is 17.8. The van der Waals surface area contributed by atoms with E-state index in [1.807, 2.05) is 31.2 Å². The van der Waals surface area contributed by atoms with E-state index in [-0.39, 0.29) is 22.9 Å². The predicted molar refractivity (Wildman–Crippen MR) is 122 cm³/mol. The van der Waals surface area contributed by atoms with Gasteiger partial charge in [0, 0.05) is 37.6 Å². The van der Waals surface area contributed by atoms with E-state index >= 15 is 0 Å². The first-order valence-corrected chi connectivity index (χ1v) is 10.8. The van der Waals surface area contributed by atoms with Gasteiger partial charge in [0.15, 0.2) is 0 Å². The molecule has 1 unspecified atom stereocenters. The Labute approximate surface area is 187 Å². The molecule has 0 spiro atoms. The third-order valence-corrected chi connectivity index (χ3v) is 5.85. The zero-order valence-corrected chi connectivity index (χ0v) is 18.6. The molecule has 2 aromatic rings. The van der Waals surface area contributed by atoms with Crippen molar-refractivity contribution in [1.82, 2.24) is 9.80 Å². The summed E-state index contributed by atoms with van der Waals surface area (Å²) in [6, 6.07) is 11.6. The van der Waals surface area contributed by atoms with Crippen LogP contribution < -0.4 is 10.6 Å². The molecule has 1 aliphatic rings. The topological polar surface area (TPSA) is 64.7 Å². The summed E-state index contributed by atoms with van der Waals surface area (Å²) in [5.41, 5.74) is 2.44. The minimum atomic E-state index is -0.522. The fourth-order valence-corrected chi connectivity index (χ4v) is 3.82. The van der Waals surface area contributed by atoms with Gasteiger partial charge >= 0.3 is 0 Å². The van der Waals surface area contributed by atoms with Gasteiger partial charge in [0.1, 0.15) is 5.82 Å². The molecule has 31 heavy (non-hydrogen) atoms. The van der Waals surface area contributed by atoms with Crippen LogP contribution in [0.4, 0.5) is 15.8 Å². The lowest BCUT2D eigenvalue weighted by Crippen LogP contribution is -2.53. The van der Waals surface area contributed by atoms with Crippen molar-refractivity contribution < 1.29 is 14.0 Å². The first-order chi connectivity index (χ1) is 14.9. The molecular formula is C23H28ClFN4O2. The Morgan fingerprint density at radius 3 is 2.48 bits per heavy atom. The number of rotatable bonds is 7. The molecule has 1 aliphatic heterocycles. The van der Waals surface area contributed by atoms with Crippen molar-refractivity contribution in [3.05, 3.63) is 58.9 Å². The molecule has 3 rings (SSSR count). The van der Waals surface area contributed by atoms with Crippen LogP contribution in [-0.4, -0.2) is 60.4 Å². The number of anilines is 2. The molecule has 0 bridgehead atoms. The first-order valence-electron chi connectivity index (χ1n) is 10.5. The van der Waals surface area contributed by atoms with Crippen molar-refractivity contribution >= 4 is 34.8 Å². The molecule has 1 atom stereocenters. The molecule has 2 N–H and O–H groups in total. The monoisotopic (exact) mass is 446 g/mol. The van der Waals surface area contributed by atoms with Crippen LogP contribution in [0.15, 0.2) is 42.5 Å². The first kappa shape index (κ1) is 23.2. The van der Waals surface area contributed by atoms with Crippen LogP contribution in [0.5, 0.6) is 0 Å². The van der Waals surface area contributed by atoms with E-state index in [9.17, 15) is 14.0 Å². The second-order valence-electron chi connectivity index (χ2n) is 7.67. The van der Waals surface area contributed by atoms with E-state index in [0.29, 0.717) is 38.4 Å². The van der Waals surface area contributed by atoms with Crippen molar-refractivity contribution in [2.75, 3.05) is 43.4 Å². The molecule has 0 radical (unpaired) electrons. The molecule has 1 saturated heterocycles. The number of para-hydroxylation sites is 1. The van der Waals surface area contributed by atoms with Crippen molar-refractivity contribution in [1.29, 1.82) is 0 Å². The minimum absolute atomic E-state index is 0.0288. The number of carbonyl (C=O) groups excluding carboxylic acids is 2. The van der Waals surface area contributed by atoms with Gasteiger partial charge in [0.2, 0.25) is 11.8 Å². The van der Waals surface area contributed by atoms with Crippen molar-refractivity contribution in [3.8, 4) is 0 Å². The maximum atomic E-state index is 13.3. The van der Waals surface area contributed by atoms with E-state index in [0.717, 1.165) is 17.7 Å². The van der Waals surface area contributed by atoms with E-state index < -0.39 is 5.82 Å². The average molecular weight is 447 g/mol. The van der Waals surface area contributed by atoms with Gasteiger partial charge in [-0.3, -0.25) is 19.4 Å². The molecule has 1 fully saturated rings. The Bertz CT molecular complexity index is 932. The number of halogens is 2. The number of amides is 2. The van der Waals surface area contributed by atoms with Crippen LogP contribution >= 0.6 is 11.6 Å². The van der Waals surface area contributed by atoms with Gasteiger partial charge in [-0.15, -0.1) is 0 Å². The van der Waals surface area contributed by atoms with E-state index in [1.54, 1.807) is 0 Å². The Morgan fingerprint density at radius 2 is 1.81 bits per heavy atom. The summed E-state index contributed by atoms with van der Waals surface area (Å²) >= 11 is 5.78. The third kappa shape index (κ3) is 6.26. The summed E-state index contributed by atoms with van der Waals surface area (Å²) in [6.07, 6.45) is 0.860. The van der Waals surface area contributed by atoms with Crippen LogP contribution in [0.3, 0.4) is 0 Å². The fraction of sp³-hybridized carbons (Fsp3) is 0.391. The Morgan fingerprint density at radius 1 is 1.10 bits per heavy atom. The van der Waals surface area contributed by atoms with E-state index in [2.05, 4.69) is 27.4 Å². The molecule has 6 nitrogen and oxygen atoms in total.